The summed E-state index contributed by atoms with van der Waals surface area (Å²) in [7, 11) is 0. The number of halogens is 3. The second-order valence-corrected chi connectivity index (χ2v) is 5.34. The zero-order chi connectivity index (χ0) is 14.3. The molecule has 3 rings (SSSR count). The number of nitrogens with zero attached hydrogens (tertiary/aromatic N) is 1. The number of anilines is 1. The molecule has 7 heteroatoms. The van der Waals surface area contributed by atoms with Crippen LogP contribution in [0.5, 0.6) is 11.8 Å². The fourth-order valence-electron chi connectivity index (χ4n) is 1.74. The first-order valence-corrected chi connectivity index (χ1v) is 6.74. The van der Waals surface area contributed by atoms with Gasteiger partial charge in [0.05, 0.1) is 26.1 Å². The first-order valence-electron chi connectivity index (χ1n) is 5.60. The molecule has 0 radical (unpaired) electrons. The van der Waals surface area contributed by atoms with Crippen LogP contribution >= 0.6 is 34.8 Å². The van der Waals surface area contributed by atoms with Crippen molar-refractivity contribution in [3.8, 4) is 11.8 Å². The van der Waals surface area contributed by atoms with E-state index in [1.165, 1.54) is 12.1 Å². The van der Waals surface area contributed by atoms with E-state index in [-0.39, 0.29) is 0 Å². The molecule has 3 N–H and O–H groups in total. The van der Waals surface area contributed by atoms with E-state index < -0.39 is 0 Å². The Morgan fingerprint density at radius 3 is 2.55 bits per heavy atom. The standard InChI is InChI=1S/C13H8Cl3N3O/c14-7-4-9(16)12(5-8(7)15)20-13-18-10-2-1-6(17)3-11(10)19-13/h1-5H,17H2,(H,18,19). The molecule has 0 atom stereocenters. The lowest BCUT2D eigenvalue weighted by Crippen LogP contribution is -1.87. The molecular weight excluding hydrogens is 321 g/mol. The molecule has 20 heavy (non-hydrogen) atoms. The van der Waals surface area contributed by atoms with Gasteiger partial charge in [-0.2, -0.15) is 4.98 Å². The maximum atomic E-state index is 6.05. The largest absolute Gasteiger partial charge is 0.424 e. The number of benzene rings is 2. The van der Waals surface area contributed by atoms with E-state index in [2.05, 4.69) is 9.97 Å². The van der Waals surface area contributed by atoms with Gasteiger partial charge >= 0.3 is 0 Å². The highest BCUT2D eigenvalue weighted by Crippen LogP contribution is 2.36. The minimum absolute atomic E-state index is 0.297. The molecule has 0 aliphatic rings. The number of nitrogens with two attached hydrogens (primary N) is 1. The summed E-state index contributed by atoms with van der Waals surface area (Å²) in [6.45, 7) is 0. The Labute approximate surface area is 129 Å². The van der Waals surface area contributed by atoms with Crippen molar-refractivity contribution in [3.63, 3.8) is 0 Å². The number of hydrogen-bond acceptors (Lipinski definition) is 3. The zero-order valence-electron chi connectivity index (χ0n) is 9.95. The lowest BCUT2D eigenvalue weighted by atomic mass is 10.3. The number of aromatic amines is 1. The SMILES string of the molecule is Nc1ccc2nc(Oc3cc(Cl)c(Cl)cc3Cl)[nH]c2c1. The minimum Gasteiger partial charge on any atom is -0.424 e. The Kier molecular flexibility index (Phi) is 3.38. The first kappa shape index (κ1) is 13.4. The molecule has 0 fully saturated rings. The number of imidazole rings is 1. The van der Waals surface area contributed by atoms with Crippen molar-refractivity contribution in [1.29, 1.82) is 0 Å². The number of nitrogen functional groups attached to an aromatic ring is 1. The molecule has 102 valence electrons. The molecule has 1 heterocycles. The normalized spacial score (nSPS) is 10.9. The van der Waals surface area contributed by atoms with Crippen LogP contribution in [0, 0.1) is 0 Å². The van der Waals surface area contributed by atoms with Gasteiger partial charge in [-0.15, -0.1) is 0 Å². The van der Waals surface area contributed by atoms with Crippen LogP contribution in [0.1, 0.15) is 0 Å². The minimum atomic E-state index is 0.297. The molecule has 1 aromatic heterocycles. The molecule has 2 aromatic carbocycles. The summed E-state index contributed by atoms with van der Waals surface area (Å²) in [5.74, 6) is 0.369. The molecular formula is C13H8Cl3N3O. The third-order valence-corrected chi connectivity index (χ3v) is 3.68. The van der Waals surface area contributed by atoms with Crippen LogP contribution in [0.2, 0.25) is 15.1 Å². The fraction of sp³-hybridized carbons (Fsp3) is 0. The van der Waals surface area contributed by atoms with Gasteiger partial charge in [0, 0.05) is 11.8 Å². The first-order chi connectivity index (χ1) is 9.52. The summed E-state index contributed by atoms with van der Waals surface area (Å²) >= 11 is 17.8. The van der Waals surface area contributed by atoms with Crippen molar-refractivity contribution in [2.24, 2.45) is 0 Å². The Balaban J connectivity index is 1.99. The van der Waals surface area contributed by atoms with Crippen molar-refractivity contribution >= 4 is 51.5 Å². The van der Waals surface area contributed by atoms with E-state index in [4.69, 9.17) is 45.3 Å². The second-order valence-electron chi connectivity index (χ2n) is 4.12. The molecule has 0 saturated heterocycles. The van der Waals surface area contributed by atoms with E-state index in [9.17, 15) is 0 Å². The number of aromatic nitrogens is 2. The van der Waals surface area contributed by atoms with Gasteiger partial charge in [0.25, 0.3) is 6.01 Å². The number of ether oxygens (including phenoxy) is 1. The average molecular weight is 329 g/mol. The van der Waals surface area contributed by atoms with Crippen LogP contribution in [0.25, 0.3) is 11.0 Å². The number of hydrogen-bond donors (Lipinski definition) is 2. The predicted octanol–water partition coefficient (Wildman–Crippen LogP) is 4.90. The highest BCUT2D eigenvalue weighted by Gasteiger charge is 2.11. The summed E-state index contributed by atoms with van der Waals surface area (Å²) < 4.78 is 5.59. The smallest absolute Gasteiger partial charge is 0.300 e. The highest BCUT2D eigenvalue weighted by molar-refractivity contribution is 6.43. The van der Waals surface area contributed by atoms with Crippen molar-refractivity contribution < 1.29 is 4.74 Å². The van der Waals surface area contributed by atoms with Gasteiger partial charge < -0.3 is 15.5 Å². The number of nitrogens with one attached hydrogen (secondary N) is 1. The second kappa shape index (κ2) is 5.05. The van der Waals surface area contributed by atoms with E-state index in [0.717, 1.165) is 11.0 Å². The number of rotatable bonds is 2. The van der Waals surface area contributed by atoms with Crippen molar-refractivity contribution in [3.05, 3.63) is 45.4 Å². The molecule has 0 saturated carbocycles. The Bertz CT molecular complexity index is 801. The summed E-state index contributed by atoms with van der Waals surface area (Å²) in [5, 5.41) is 1.06. The van der Waals surface area contributed by atoms with Crippen LogP contribution in [0.4, 0.5) is 5.69 Å². The lowest BCUT2D eigenvalue weighted by Gasteiger charge is -2.05. The molecule has 4 nitrogen and oxygen atoms in total. The van der Waals surface area contributed by atoms with Crippen LogP contribution < -0.4 is 10.5 Å². The van der Waals surface area contributed by atoms with Gasteiger partial charge in [-0.3, -0.25) is 0 Å². The Hall–Kier alpha value is -1.62. The fourth-order valence-corrected chi connectivity index (χ4v) is 2.31. The van der Waals surface area contributed by atoms with E-state index in [1.807, 2.05) is 0 Å². The van der Waals surface area contributed by atoms with Crippen molar-refractivity contribution in [2.75, 3.05) is 5.73 Å². The van der Waals surface area contributed by atoms with E-state index >= 15 is 0 Å². The van der Waals surface area contributed by atoms with Gasteiger partial charge in [0.2, 0.25) is 0 Å². The third-order valence-electron chi connectivity index (χ3n) is 2.67. The van der Waals surface area contributed by atoms with Crippen LogP contribution in [-0.2, 0) is 0 Å². The quantitative estimate of drug-likeness (QED) is 0.519. The van der Waals surface area contributed by atoms with Crippen LogP contribution in [-0.4, -0.2) is 9.97 Å². The monoisotopic (exact) mass is 327 g/mol. The Morgan fingerprint density at radius 2 is 1.75 bits per heavy atom. The van der Waals surface area contributed by atoms with Crippen molar-refractivity contribution in [1.82, 2.24) is 9.97 Å². The van der Waals surface area contributed by atoms with Crippen molar-refractivity contribution in [2.45, 2.75) is 0 Å². The van der Waals surface area contributed by atoms with E-state index in [1.54, 1.807) is 18.2 Å². The highest BCUT2D eigenvalue weighted by atomic mass is 35.5. The summed E-state index contributed by atoms with van der Waals surface area (Å²) in [6.07, 6.45) is 0. The molecule has 0 aliphatic carbocycles. The molecule has 0 aliphatic heterocycles. The van der Waals surface area contributed by atoms with Gasteiger partial charge in [0.15, 0.2) is 5.75 Å². The van der Waals surface area contributed by atoms with E-state index in [0.29, 0.717) is 32.5 Å². The average Bonchev–Trinajstić information content (AvgIpc) is 2.77. The maximum Gasteiger partial charge on any atom is 0.300 e. The molecule has 0 amide bonds. The van der Waals surface area contributed by atoms with Gasteiger partial charge in [-0.05, 0) is 24.3 Å². The topological polar surface area (TPSA) is 63.9 Å². The summed E-state index contributed by atoms with van der Waals surface area (Å²) in [6, 6.07) is 8.68. The van der Waals surface area contributed by atoms with Crippen LogP contribution in [0.3, 0.4) is 0 Å². The molecule has 0 spiro atoms. The molecule has 3 aromatic rings. The summed E-state index contributed by atoms with van der Waals surface area (Å²) in [5.41, 5.74) is 7.86. The van der Waals surface area contributed by atoms with Crippen LogP contribution in [0.15, 0.2) is 30.3 Å². The predicted molar refractivity (Wildman–Crippen MR) is 82.1 cm³/mol. The number of H-pyrrole nitrogens is 1. The number of fused-ring (bicyclic) bond motifs is 1. The van der Waals surface area contributed by atoms with Gasteiger partial charge in [-0.25, -0.2) is 0 Å². The third kappa shape index (κ3) is 2.50. The molecule has 0 bridgehead atoms. The lowest BCUT2D eigenvalue weighted by molar-refractivity contribution is 0.449. The summed E-state index contributed by atoms with van der Waals surface area (Å²) in [4.78, 5) is 7.27. The van der Waals surface area contributed by atoms with Gasteiger partial charge in [0.1, 0.15) is 0 Å². The molecule has 0 unspecified atom stereocenters. The Morgan fingerprint density at radius 1 is 1.00 bits per heavy atom. The maximum absolute atomic E-state index is 6.05. The van der Waals surface area contributed by atoms with Gasteiger partial charge in [-0.1, -0.05) is 34.8 Å². The zero-order valence-corrected chi connectivity index (χ0v) is 12.2.